The van der Waals surface area contributed by atoms with Crippen molar-refractivity contribution >= 4 is 18.1 Å². The van der Waals surface area contributed by atoms with Crippen LogP contribution >= 0.6 is 0 Å². The molecule has 1 aromatic carbocycles. The normalized spacial score (nSPS) is 19.2. The number of fused-ring (bicyclic) bond motifs is 1. The fraction of sp³-hybridized carbons (Fsp3) is 0.231. The van der Waals surface area contributed by atoms with Gasteiger partial charge in [-0.15, -0.1) is 0 Å². The van der Waals surface area contributed by atoms with Crippen molar-refractivity contribution in [2.45, 2.75) is 6.92 Å². The Morgan fingerprint density at radius 1 is 1.26 bits per heavy atom. The van der Waals surface area contributed by atoms with Gasteiger partial charge in [0.15, 0.2) is 17.3 Å². The third kappa shape index (κ3) is 1.91. The lowest BCUT2D eigenvalue weighted by Gasteiger charge is -2.03. The van der Waals surface area contributed by atoms with E-state index >= 15 is 0 Å². The van der Waals surface area contributed by atoms with E-state index in [2.05, 4.69) is 0 Å². The lowest BCUT2D eigenvalue weighted by atomic mass is 10.2. The van der Waals surface area contributed by atoms with Gasteiger partial charge in [0.1, 0.15) is 0 Å². The summed E-state index contributed by atoms with van der Waals surface area (Å²) in [7, 11) is 0. The van der Waals surface area contributed by atoms with Gasteiger partial charge in [-0.25, -0.2) is 9.69 Å². The van der Waals surface area contributed by atoms with E-state index in [9.17, 15) is 9.59 Å². The molecule has 0 spiro atoms. The van der Waals surface area contributed by atoms with Gasteiger partial charge < -0.3 is 14.2 Å². The SMILES string of the molecule is CCN1C(=O)OC(=Cc2ccc3c(c2)OCO3)C1=O. The Morgan fingerprint density at radius 3 is 2.79 bits per heavy atom. The fourth-order valence-electron chi connectivity index (χ4n) is 1.93. The van der Waals surface area contributed by atoms with Gasteiger partial charge in [-0.1, -0.05) is 6.07 Å². The van der Waals surface area contributed by atoms with E-state index < -0.39 is 12.0 Å². The minimum Gasteiger partial charge on any atom is -0.454 e. The number of ether oxygens (including phenoxy) is 3. The lowest BCUT2D eigenvalue weighted by molar-refractivity contribution is -0.123. The molecule has 19 heavy (non-hydrogen) atoms. The lowest BCUT2D eigenvalue weighted by Crippen LogP contribution is -2.28. The van der Waals surface area contributed by atoms with Crippen LogP contribution in [-0.4, -0.2) is 30.2 Å². The summed E-state index contributed by atoms with van der Waals surface area (Å²) in [6.45, 7) is 2.19. The van der Waals surface area contributed by atoms with Crippen molar-refractivity contribution in [2.75, 3.05) is 13.3 Å². The smallest absolute Gasteiger partial charge is 0.422 e. The molecule has 2 heterocycles. The van der Waals surface area contributed by atoms with Gasteiger partial charge in [0, 0.05) is 6.54 Å². The molecule has 1 saturated heterocycles. The van der Waals surface area contributed by atoms with Crippen LogP contribution in [0.3, 0.4) is 0 Å². The van der Waals surface area contributed by atoms with Crippen LogP contribution in [0.1, 0.15) is 12.5 Å². The molecule has 1 fully saturated rings. The van der Waals surface area contributed by atoms with Crippen LogP contribution in [0.15, 0.2) is 24.0 Å². The van der Waals surface area contributed by atoms with Crippen LogP contribution < -0.4 is 9.47 Å². The van der Waals surface area contributed by atoms with Gasteiger partial charge in [-0.2, -0.15) is 0 Å². The number of rotatable bonds is 2. The number of nitrogens with zero attached hydrogens (tertiary/aromatic N) is 1. The number of amides is 2. The highest BCUT2D eigenvalue weighted by atomic mass is 16.7. The van der Waals surface area contributed by atoms with Crippen molar-refractivity contribution in [2.24, 2.45) is 0 Å². The average Bonchev–Trinajstić information content (AvgIpc) is 2.95. The van der Waals surface area contributed by atoms with E-state index in [1.165, 1.54) is 6.08 Å². The monoisotopic (exact) mass is 261 g/mol. The van der Waals surface area contributed by atoms with Crippen molar-refractivity contribution < 1.29 is 23.8 Å². The maximum Gasteiger partial charge on any atom is 0.422 e. The third-order valence-corrected chi connectivity index (χ3v) is 2.88. The van der Waals surface area contributed by atoms with Crippen LogP contribution in [0.2, 0.25) is 0 Å². The topological polar surface area (TPSA) is 65.1 Å². The Balaban J connectivity index is 1.90. The van der Waals surface area contributed by atoms with Crippen LogP contribution in [0.5, 0.6) is 11.5 Å². The maximum absolute atomic E-state index is 11.8. The molecular weight excluding hydrogens is 250 g/mol. The number of carbonyl (C=O) groups excluding carboxylic acids is 2. The first kappa shape index (κ1) is 11.6. The Bertz CT molecular complexity index is 593. The quantitative estimate of drug-likeness (QED) is 0.759. The Morgan fingerprint density at radius 2 is 2.05 bits per heavy atom. The minimum absolute atomic E-state index is 0.0192. The van der Waals surface area contributed by atoms with Crippen molar-refractivity contribution in [3.63, 3.8) is 0 Å². The summed E-state index contributed by atoms with van der Waals surface area (Å²) in [5, 5.41) is 0. The summed E-state index contributed by atoms with van der Waals surface area (Å²) < 4.78 is 15.4. The Labute approximate surface area is 109 Å². The van der Waals surface area contributed by atoms with Crippen LogP contribution in [0.4, 0.5) is 4.79 Å². The Hall–Kier alpha value is -2.50. The van der Waals surface area contributed by atoms with Gasteiger partial charge in [0.25, 0.3) is 5.91 Å². The number of hydrogen-bond donors (Lipinski definition) is 0. The minimum atomic E-state index is -0.639. The molecule has 2 amide bonds. The van der Waals surface area contributed by atoms with Crippen molar-refractivity contribution in [1.82, 2.24) is 4.90 Å². The molecule has 0 saturated carbocycles. The van der Waals surface area contributed by atoms with Gasteiger partial charge in [-0.3, -0.25) is 4.79 Å². The first-order chi connectivity index (χ1) is 9.19. The number of likely N-dealkylation sites (N-methyl/N-ethyl adjacent to an activating group) is 1. The molecule has 0 radical (unpaired) electrons. The van der Waals surface area contributed by atoms with E-state index in [1.807, 2.05) is 0 Å². The zero-order valence-electron chi connectivity index (χ0n) is 10.2. The van der Waals surface area contributed by atoms with Crippen LogP contribution in [0.25, 0.3) is 6.08 Å². The molecule has 0 N–H and O–H groups in total. The van der Waals surface area contributed by atoms with Gasteiger partial charge >= 0.3 is 6.09 Å². The zero-order chi connectivity index (χ0) is 13.4. The van der Waals surface area contributed by atoms with E-state index in [-0.39, 0.29) is 19.1 Å². The standard InChI is InChI=1S/C13H11NO5/c1-2-14-12(15)11(19-13(14)16)6-8-3-4-9-10(5-8)18-7-17-9/h3-6H,2,7H2,1H3. The third-order valence-electron chi connectivity index (χ3n) is 2.88. The Kier molecular flexibility index (Phi) is 2.63. The second kappa shape index (κ2) is 4.31. The molecule has 0 unspecified atom stereocenters. The van der Waals surface area contributed by atoms with E-state index in [1.54, 1.807) is 25.1 Å². The number of imide groups is 1. The second-order valence-electron chi connectivity index (χ2n) is 4.04. The molecule has 0 atom stereocenters. The van der Waals surface area contributed by atoms with Crippen molar-refractivity contribution in [3.8, 4) is 11.5 Å². The highest BCUT2D eigenvalue weighted by Crippen LogP contribution is 2.33. The molecule has 0 bridgehead atoms. The number of carbonyl (C=O) groups is 2. The molecule has 3 rings (SSSR count). The second-order valence-corrected chi connectivity index (χ2v) is 4.04. The molecule has 2 aliphatic heterocycles. The summed E-state index contributed by atoms with van der Waals surface area (Å²) in [6, 6.07) is 5.23. The first-order valence-corrected chi connectivity index (χ1v) is 5.84. The molecule has 2 aliphatic rings. The largest absolute Gasteiger partial charge is 0.454 e. The highest BCUT2D eigenvalue weighted by Gasteiger charge is 2.35. The molecule has 6 nitrogen and oxygen atoms in total. The van der Waals surface area contributed by atoms with E-state index in [0.29, 0.717) is 17.1 Å². The maximum atomic E-state index is 11.8. The molecular formula is C13H11NO5. The van der Waals surface area contributed by atoms with Gasteiger partial charge in [0.05, 0.1) is 0 Å². The molecule has 0 aliphatic carbocycles. The first-order valence-electron chi connectivity index (χ1n) is 5.84. The summed E-state index contributed by atoms with van der Waals surface area (Å²) in [4.78, 5) is 24.3. The number of hydrogen-bond acceptors (Lipinski definition) is 5. The van der Waals surface area contributed by atoms with Crippen LogP contribution in [-0.2, 0) is 9.53 Å². The zero-order valence-corrected chi connectivity index (χ0v) is 10.2. The van der Waals surface area contributed by atoms with E-state index in [4.69, 9.17) is 14.2 Å². The molecule has 6 heteroatoms. The average molecular weight is 261 g/mol. The summed E-state index contributed by atoms with van der Waals surface area (Å²) in [6.07, 6.45) is 0.872. The number of benzene rings is 1. The number of cyclic esters (lactones) is 1. The molecule has 1 aromatic rings. The van der Waals surface area contributed by atoms with Crippen LogP contribution in [0, 0.1) is 0 Å². The predicted octanol–water partition coefficient (Wildman–Crippen LogP) is 1.75. The summed E-state index contributed by atoms with van der Waals surface area (Å²) in [5.41, 5.74) is 0.707. The fourth-order valence-corrected chi connectivity index (χ4v) is 1.93. The molecule has 98 valence electrons. The summed E-state index contributed by atoms with van der Waals surface area (Å²) in [5.74, 6) is 0.862. The highest BCUT2D eigenvalue weighted by molar-refractivity contribution is 6.09. The van der Waals surface area contributed by atoms with Crippen molar-refractivity contribution in [1.29, 1.82) is 0 Å². The van der Waals surface area contributed by atoms with Gasteiger partial charge in [0.2, 0.25) is 6.79 Å². The summed E-state index contributed by atoms with van der Waals surface area (Å²) >= 11 is 0. The molecule has 0 aromatic heterocycles. The predicted molar refractivity (Wildman–Crippen MR) is 64.4 cm³/mol. The van der Waals surface area contributed by atoms with E-state index in [0.717, 1.165) is 4.90 Å². The van der Waals surface area contributed by atoms with Crippen molar-refractivity contribution in [3.05, 3.63) is 29.5 Å². The van der Waals surface area contributed by atoms with Gasteiger partial charge in [-0.05, 0) is 30.7 Å².